The van der Waals surface area contributed by atoms with Crippen LogP contribution in [0.4, 0.5) is 13.2 Å². The van der Waals surface area contributed by atoms with Gasteiger partial charge in [0, 0.05) is 0 Å². The molecule has 0 aromatic carbocycles. The minimum absolute atomic E-state index is 0. The first-order valence-corrected chi connectivity index (χ1v) is 2.40. The zero-order valence-corrected chi connectivity index (χ0v) is 7.43. The van der Waals surface area contributed by atoms with Gasteiger partial charge in [0.05, 0.1) is 0 Å². The summed E-state index contributed by atoms with van der Waals surface area (Å²) in [6, 6.07) is 0. The van der Waals surface area contributed by atoms with Crippen molar-refractivity contribution in [1.82, 2.24) is 0 Å². The number of rotatable bonds is 0. The summed E-state index contributed by atoms with van der Waals surface area (Å²) in [4.78, 5) is 0. The van der Waals surface area contributed by atoms with Crippen molar-refractivity contribution in [2.45, 2.75) is 4.77 Å². The van der Waals surface area contributed by atoms with E-state index in [2.05, 4.69) is 0 Å². The number of alkyl halides is 3. The van der Waals surface area contributed by atoms with Crippen molar-refractivity contribution in [3.8, 4) is 0 Å². The molecule has 0 aliphatic carbocycles. The second kappa shape index (κ2) is 2.97. The second-order valence-corrected chi connectivity index (χ2v) is 2.30. The minimum atomic E-state index is -3.88. The maximum atomic E-state index is 10.4. The third kappa shape index (κ3) is 92.9. The van der Waals surface area contributed by atoms with Crippen LogP contribution >= 0.6 is 17.0 Å². The Morgan fingerprint density at radius 1 is 1.17 bits per heavy atom. The van der Waals surface area contributed by atoms with Crippen LogP contribution in [0.2, 0.25) is 0 Å². The quantitative estimate of drug-likeness (QED) is 0.539. The van der Waals surface area contributed by atoms with Crippen molar-refractivity contribution < 1.29 is 31.5 Å². The van der Waals surface area contributed by atoms with Crippen molar-refractivity contribution in [3.05, 3.63) is 0 Å². The van der Waals surface area contributed by atoms with Gasteiger partial charge in [-0.15, -0.1) is 17.0 Å². The van der Waals surface area contributed by atoms with Gasteiger partial charge in [-0.2, -0.15) is 0 Å². The standard InChI is InChI=1S/CF3.BrH.Zn/c2-1(3)4;;/h;1H;. The van der Waals surface area contributed by atoms with Crippen LogP contribution in [0.15, 0.2) is 0 Å². The molecular weight excluding hydrogens is 214 g/mol. The normalized spacial score (nSPS) is 10.2. The molecule has 0 saturated carbocycles. The number of hydrogen-bond donors (Lipinski definition) is 0. The Morgan fingerprint density at radius 3 is 1.17 bits per heavy atom. The van der Waals surface area contributed by atoms with Crippen molar-refractivity contribution in [1.29, 1.82) is 0 Å². The summed E-state index contributed by atoms with van der Waals surface area (Å²) < 4.78 is 27.4. The van der Waals surface area contributed by atoms with Crippen LogP contribution in [-0.4, -0.2) is 4.77 Å². The van der Waals surface area contributed by atoms with Crippen LogP contribution < -0.4 is 0 Å². The van der Waals surface area contributed by atoms with E-state index in [4.69, 9.17) is 0 Å². The molecule has 6 heavy (non-hydrogen) atoms. The average Bonchev–Trinajstić information content (AvgIpc) is 0.722. The summed E-state index contributed by atoms with van der Waals surface area (Å²) >= 11 is -0.604. The van der Waals surface area contributed by atoms with Crippen molar-refractivity contribution >= 4 is 17.0 Å². The molecule has 0 N–H and O–H groups in total. The third-order valence-electron chi connectivity index (χ3n) is 0. The predicted octanol–water partition coefficient (Wildman–Crippen LogP) is 1.63. The zero-order valence-electron chi connectivity index (χ0n) is 2.75. The van der Waals surface area contributed by atoms with Crippen LogP contribution in [0.5, 0.6) is 0 Å². The third-order valence-corrected chi connectivity index (χ3v) is 0. The van der Waals surface area contributed by atoms with Crippen LogP contribution in [-0.2, 0) is 18.3 Å². The van der Waals surface area contributed by atoms with E-state index in [9.17, 15) is 13.2 Å². The van der Waals surface area contributed by atoms with Crippen molar-refractivity contribution in [2.75, 3.05) is 0 Å². The van der Waals surface area contributed by atoms with Gasteiger partial charge in [-0.05, 0) is 0 Å². The monoisotopic (exact) mass is 213 g/mol. The summed E-state index contributed by atoms with van der Waals surface area (Å²) in [7, 11) is 0. The Hall–Kier alpha value is 0.893. The van der Waals surface area contributed by atoms with E-state index in [-0.39, 0.29) is 17.0 Å². The van der Waals surface area contributed by atoms with Gasteiger partial charge >= 0.3 is 36.2 Å². The SMILES string of the molecule is Br.F[C](F)(F)[Zn]. The van der Waals surface area contributed by atoms with E-state index in [1.165, 1.54) is 0 Å². The molecule has 0 nitrogen and oxygen atoms in total. The van der Waals surface area contributed by atoms with E-state index in [1.54, 1.807) is 0 Å². The second-order valence-electron chi connectivity index (χ2n) is 0.615. The fourth-order valence-electron chi connectivity index (χ4n) is 0. The zero-order chi connectivity index (χ0) is 4.50. The van der Waals surface area contributed by atoms with E-state index in [0.717, 1.165) is 0 Å². The average molecular weight is 215 g/mol. The predicted molar refractivity (Wildman–Crippen MR) is 16.4 cm³/mol. The molecule has 5 heteroatoms. The van der Waals surface area contributed by atoms with Crippen LogP contribution in [0.1, 0.15) is 0 Å². The molecule has 0 saturated heterocycles. The van der Waals surface area contributed by atoms with E-state index >= 15 is 0 Å². The molecule has 0 atom stereocenters. The summed E-state index contributed by atoms with van der Waals surface area (Å²) in [6.07, 6.45) is 0. The van der Waals surface area contributed by atoms with Gasteiger partial charge in [0.25, 0.3) is 0 Å². The molecule has 0 heterocycles. The Balaban J connectivity index is 0. The number of halogens is 4. The topological polar surface area (TPSA) is 0 Å². The first-order chi connectivity index (χ1) is 2.00. The first kappa shape index (κ1) is 10.00. The molecule has 0 unspecified atom stereocenters. The van der Waals surface area contributed by atoms with E-state index in [0.29, 0.717) is 0 Å². The molecule has 0 amide bonds. The molecule has 0 radical (unpaired) electrons. The molecule has 0 aliphatic heterocycles. The molecule has 0 aromatic heterocycles. The number of hydrogen-bond acceptors (Lipinski definition) is 0. The first-order valence-electron chi connectivity index (χ1n) is 0.921. The van der Waals surface area contributed by atoms with Crippen molar-refractivity contribution in [3.63, 3.8) is 0 Å². The molecule has 0 aliphatic rings. The fourth-order valence-corrected chi connectivity index (χ4v) is 0. The summed E-state index contributed by atoms with van der Waals surface area (Å²) in [5.41, 5.74) is 0. The van der Waals surface area contributed by atoms with Crippen LogP contribution in [0.3, 0.4) is 0 Å². The fraction of sp³-hybridized carbons (Fsp3) is 1.00. The molecule has 0 spiro atoms. The molecular formula is CHBrF3Zn. The summed E-state index contributed by atoms with van der Waals surface area (Å²) in [5.74, 6) is 0. The molecule has 0 fully saturated rings. The van der Waals surface area contributed by atoms with Crippen LogP contribution in [0.25, 0.3) is 0 Å². The van der Waals surface area contributed by atoms with Gasteiger partial charge < -0.3 is 0 Å². The van der Waals surface area contributed by atoms with Crippen molar-refractivity contribution in [2.24, 2.45) is 0 Å². The van der Waals surface area contributed by atoms with Gasteiger partial charge in [-0.3, -0.25) is 0 Å². The van der Waals surface area contributed by atoms with Gasteiger partial charge in [-0.1, -0.05) is 0 Å². The molecule has 0 rings (SSSR count). The molecule has 0 bridgehead atoms. The van der Waals surface area contributed by atoms with E-state index in [1.807, 2.05) is 0 Å². The van der Waals surface area contributed by atoms with Gasteiger partial charge in [0.2, 0.25) is 0 Å². The Kier molecular flexibility index (Phi) is 4.95. The van der Waals surface area contributed by atoms with Gasteiger partial charge in [-0.25, -0.2) is 0 Å². The van der Waals surface area contributed by atoms with Gasteiger partial charge in [0.15, 0.2) is 0 Å². The summed E-state index contributed by atoms with van der Waals surface area (Å²) in [5, 5.41) is 0. The maximum absolute atomic E-state index is 10.4. The van der Waals surface area contributed by atoms with Crippen LogP contribution in [0, 0.1) is 0 Å². The Labute approximate surface area is 53.5 Å². The molecule has 0 aromatic rings. The van der Waals surface area contributed by atoms with E-state index < -0.39 is 23.1 Å². The molecule has 35 valence electrons. The summed E-state index contributed by atoms with van der Waals surface area (Å²) in [6.45, 7) is 0. The Bertz CT molecular complexity index is 26.3. The Morgan fingerprint density at radius 2 is 1.17 bits per heavy atom. The van der Waals surface area contributed by atoms with Gasteiger partial charge in [0.1, 0.15) is 0 Å².